The number of carbonyl (C=O) groups excluding carboxylic acids is 2. The second kappa shape index (κ2) is 65.4. The van der Waals surface area contributed by atoms with E-state index in [0.29, 0.717) is 17.4 Å². The zero-order valence-corrected chi connectivity index (χ0v) is 57.3. The van der Waals surface area contributed by atoms with E-state index in [1.807, 2.05) is 21.1 Å². The van der Waals surface area contributed by atoms with Gasteiger partial charge in [0.1, 0.15) is 19.8 Å². The molecule has 0 aliphatic carbocycles. The predicted octanol–water partition coefficient (Wildman–Crippen LogP) is 23.0. The summed E-state index contributed by atoms with van der Waals surface area (Å²) in [5.41, 5.74) is 0. The number of nitrogens with zero attached hydrogens (tertiary/aromatic N) is 1. The SMILES string of the molecule is CCCCCCC/C=C\C/C=C\C/C=C\CCCCCCCCCCCCCCC(=O)OC(COC(=O)CCCCCCCCCCCCCCCCCCCCCCC/C=C\CCCCCCCCCC)COP(=O)([O-])OCC[N+](C)(C)C. The molecule has 0 amide bonds. The molecular weight excluding hydrogens is 1060 g/mol. The van der Waals surface area contributed by atoms with Crippen LogP contribution in [0.3, 0.4) is 0 Å². The molecule has 2 atom stereocenters. The van der Waals surface area contributed by atoms with Crippen LogP contribution in [0.2, 0.25) is 0 Å². The highest BCUT2D eigenvalue weighted by molar-refractivity contribution is 7.45. The molecule has 494 valence electrons. The van der Waals surface area contributed by atoms with E-state index in [4.69, 9.17) is 18.5 Å². The highest BCUT2D eigenvalue weighted by Gasteiger charge is 2.22. The van der Waals surface area contributed by atoms with Crippen molar-refractivity contribution in [1.29, 1.82) is 0 Å². The molecule has 0 fully saturated rings. The van der Waals surface area contributed by atoms with E-state index in [-0.39, 0.29) is 32.0 Å². The molecule has 0 saturated carbocycles. The van der Waals surface area contributed by atoms with E-state index in [0.717, 1.165) is 51.4 Å². The third-order valence-electron chi connectivity index (χ3n) is 16.3. The number of hydrogen-bond acceptors (Lipinski definition) is 8. The van der Waals surface area contributed by atoms with Gasteiger partial charge in [-0.15, -0.1) is 0 Å². The molecule has 0 radical (unpaired) electrons. The van der Waals surface area contributed by atoms with Gasteiger partial charge in [-0.05, 0) is 77.0 Å². The van der Waals surface area contributed by atoms with Gasteiger partial charge >= 0.3 is 11.9 Å². The number of carbonyl (C=O) groups is 2. The lowest BCUT2D eigenvalue weighted by molar-refractivity contribution is -0.870. The smallest absolute Gasteiger partial charge is 0.306 e. The lowest BCUT2D eigenvalue weighted by Crippen LogP contribution is -2.37. The second-order valence-corrected chi connectivity index (χ2v) is 27.4. The molecule has 0 rings (SSSR count). The van der Waals surface area contributed by atoms with E-state index in [1.165, 1.54) is 276 Å². The molecule has 0 heterocycles. The molecule has 0 saturated heterocycles. The first kappa shape index (κ1) is 82.0. The zero-order valence-electron chi connectivity index (χ0n) is 56.4. The molecule has 0 aromatic carbocycles. The maximum atomic E-state index is 12.9. The lowest BCUT2D eigenvalue weighted by atomic mass is 10.0. The van der Waals surface area contributed by atoms with Crippen LogP contribution in [0, 0.1) is 0 Å². The number of allylic oxidation sites excluding steroid dienone is 8. The summed E-state index contributed by atoms with van der Waals surface area (Å²) in [7, 11) is 1.18. The van der Waals surface area contributed by atoms with Crippen LogP contribution in [0.25, 0.3) is 0 Å². The molecule has 0 aromatic heterocycles. The van der Waals surface area contributed by atoms with Crippen molar-refractivity contribution in [3.05, 3.63) is 48.6 Å². The van der Waals surface area contributed by atoms with Gasteiger partial charge in [-0.25, -0.2) is 0 Å². The summed E-state index contributed by atoms with van der Waals surface area (Å²) in [6, 6.07) is 0. The number of likely N-dealkylation sites (N-methyl/N-ethyl adjacent to an activating group) is 1. The third kappa shape index (κ3) is 69.1. The molecule has 0 N–H and O–H groups in total. The Hall–Kier alpha value is -2.03. The van der Waals surface area contributed by atoms with Crippen molar-refractivity contribution < 1.29 is 42.1 Å². The fraction of sp³-hybridized carbons (Fsp3) is 0.865. The van der Waals surface area contributed by atoms with Crippen LogP contribution in [0.1, 0.15) is 361 Å². The first-order chi connectivity index (χ1) is 41.0. The summed E-state index contributed by atoms with van der Waals surface area (Å²) in [6.45, 7) is 4.29. The molecule has 2 unspecified atom stereocenters. The number of unbranched alkanes of at least 4 members (excludes halogenated alkanes) is 46. The summed E-state index contributed by atoms with van der Waals surface area (Å²) >= 11 is 0. The van der Waals surface area contributed by atoms with Gasteiger partial charge in [0.05, 0.1) is 27.7 Å². The van der Waals surface area contributed by atoms with Crippen LogP contribution in [0.5, 0.6) is 0 Å². The van der Waals surface area contributed by atoms with Crippen LogP contribution in [0.4, 0.5) is 0 Å². The maximum absolute atomic E-state index is 12.9. The van der Waals surface area contributed by atoms with Gasteiger partial charge in [0, 0.05) is 12.8 Å². The molecule has 0 aliphatic heterocycles. The number of rotatable bonds is 68. The molecule has 84 heavy (non-hydrogen) atoms. The van der Waals surface area contributed by atoms with Crippen molar-refractivity contribution in [1.82, 2.24) is 0 Å². The molecular formula is C74H140NO8P. The third-order valence-corrected chi connectivity index (χ3v) is 17.3. The van der Waals surface area contributed by atoms with Gasteiger partial charge < -0.3 is 27.9 Å². The maximum Gasteiger partial charge on any atom is 0.306 e. The highest BCUT2D eigenvalue weighted by Crippen LogP contribution is 2.38. The quantitative estimate of drug-likeness (QED) is 0.0195. The van der Waals surface area contributed by atoms with Gasteiger partial charge in [0.15, 0.2) is 6.10 Å². The second-order valence-electron chi connectivity index (χ2n) is 26.0. The Morgan fingerprint density at radius 1 is 0.369 bits per heavy atom. The Morgan fingerprint density at radius 2 is 0.643 bits per heavy atom. The molecule has 0 aromatic rings. The van der Waals surface area contributed by atoms with Crippen molar-refractivity contribution in [2.75, 3.05) is 47.5 Å². The van der Waals surface area contributed by atoms with Crippen molar-refractivity contribution in [3.8, 4) is 0 Å². The van der Waals surface area contributed by atoms with E-state index < -0.39 is 26.5 Å². The fourth-order valence-electron chi connectivity index (χ4n) is 10.7. The molecule has 10 heteroatoms. The summed E-state index contributed by atoms with van der Waals surface area (Å²) in [6.07, 6.45) is 84.9. The topological polar surface area (TPSA) is 111 Å². The van der Waals surface area contributed by atoms with Gasteiger partial charge in [-0.3, -0.25) is 14.2 Å². The average Bonchev–Trinajstić information content (AvgIpc) is 3.61. The Kier molecular flexibility index (Phi) is 63.8. The summed E-state index contributed by atoms with van der Waals surface area (Å²) in [5.74, 6) is -0.818. The molecule has 0 bridgehead atoms. The summed E-state index contributed by atoms with van der Waals surface area (Å²) in [4.78, 5) is 38.1. The van der Waals surface area contributed by atoms with E-state index in [1.54, 1.807) is 0 Å². The Labute approximate surface area is 522 Å². The normalized spacial score (nSPS) is 13.4. The van der Waals surface area contributed by atoms with Crippen LogP contribution in [-0.2, 0) is 32.7 Å². The number of ether oxygens (including phenoxy) is 2. The zero-order chi connectivity index (χ0) is 61.2. The van der Waals surface area contributed by atoms with Gasteiger partial charge in [-0.2, -0.15) is 0 Å². The summed E-state index contributed by atoms with van der Waals surface area (Å²) in [5, 5.41) is 0. The molecule has 0 aliphatic rings. The fourth-order valence-corrected chi connectivity index (χ4v) is 11.5. The van der Waals surface area contributed by atoms with Gasteiger partial charge in [-0.1, -0.05) is 319 Å². The Bertz CT molecular complexity index is 1560. The average molecular weight is 1200 g/mol. The van der Waals surface area contributed by atoms with Gasteiger partial charge in [0.2, 0.25) is 0 Å². The van der Waals surface area contributed by atoms with Crippen LogP contribution < -0.4 is 4.89 Å². The number of phosphoric acid groups is 1. The van der Waals surface area contributed by atoms with Crippen molar-refractivity contribution >= 4 is 19.8 Å². The van der Waals surface area contributed by atoms with E-state index in [2.05, 4.69) is 62.5 Å². The number of phosphoric ester groups is 1. The van der Waals surface area contributed by atoms with Crippen LogP contribution >= 0.6 is 7.82 Å². The summed E-state index contributed by atoms with van der Waals surface area (Å²) < 4.78 is 34.3. The van der Waals surface area contributed by atoms with Crippen molar-refractivity contribution in [2.45, 2.75) is 367 Å². The van der Waals surface area contributed by atoms with Crippen molar-refractivity contribution in [2.24, 2.45) is 0 Å². The molecule has 9 nitrogen and oxygen atoms in total. The minimum absolute atomic E-state index is 0.0300. The highest BCUT2D eigenvalue weighted by atomic mass is 31.2. The number of hydrogen-bond donors (Lipinski definition) is 0. The predicted molar refractivity (Wildman–Crippen MR) is 360 cm³/mol. The van der Waals surface area contributed by atoms with E-state index in [9.17, 15) is 19.0 Å². The Morgan fingerprint density at radius 3 is 0.964 bits per heavy atom. The first-order valence-electron chi connectivity index (χ1n) is 36.3. The standard InChI is InChI=1S/C74H140NO8P/c1-6-8-10-12-14-16-18-20-22-24-26-28-30-32-34-35-36-37-38-39-41-42-44-46-48-50-52-54-56-58-60-62-64-66-73(76)80-70-72(71-82-84(78,79)81-69-68-75(3,4)5)83-74(77)67-65-63-61-59-57-55-53-51-49-47-45-43-40-33-31-29-27-25-23-21-19-17-15-13-11-9-7-2/h19,21,24-27,31,33,72H,6-18,20,22-23,28-30,32,34-71H2,1-5H3/b21-19-,26-24-,27-25-,33-31-. The monoisotopic (exact) mass is 1200 g/mol. The minimum Gasteiger partial charge on any atom is -0.756 e. The van der Waals surface area contributed by atoms with E-state index >= 15 is 0 Å². The van der Waals surface area contributed by atoms with Gasteiger partial charge in [0.25, 0.3) is 7.82 Å². The first-order valence-corrected chi connectivity index (χ1v) is 37.8. The van der Waals surface area contributed by atoms with Crippen LogP contribution in [-0.4, -0.2) is 70.0 Å². The number of esters is 2. The minimum atomic E-state index is -4.64. The lowest BCUT2D eigenvalue weighted by Gasteiger charge is -2.28. The van der Waals surface area contributed by atoms with Crippen molar-refractivity contribution in [3.63, 3.8) is 0 Å². The molecule has 0 spiro atoms. The largest absolute Gasteiger partial charge is 0.756 e. The number of quaternary nitrogens is 1. The van der Waals surface area contributed by atoms with Crippen LogP contribution in [0.15, 0.2) is 48.6 Å². The Balaban J connectivity index is 3.98.